The predicted molar refractivity (Wildman–Crippen MR) is 160 cm³/mol. The molecule has 0 fully saturated rings. The van der Waals surface area contributed by atoms with E-state index in [1.165, 1.54) is 17.4 Å². The van der Waals surface area contributed by atoms with Crippen molar-refractivity contribution >= 4 is 44.8 Å². The molecule has 0 N–H and O–H groups in total. The van der Waals surface area contributed by atoms with Gasteiger partial charge in [-0.25, -0.2) is 9.38 Å². The van der Waals surface area contributed by atoms with Crippen molar-refractivity contribution in [3.63, 3.8) is 0 Å². The number of nitro groups is 2. The molecule has 12 heteroatoms. The number of aryl methyl sites for hydroxylation is 3. The van der Waals surface area contributed by atoms with Crippen LogP contribution >= 0.6 is 11.3 Å². The fourth-order valence-electron chi connectivity index (χ4n) is 5.03. The zero-order valence-electron chi connectivity index (χ0n) is 22.9. The quantitative estimate of drug-likeness (QED) is 0.172. The number of ether oxygens (including phenoxy) is 1. The second-order valence-corrected chi connectivity index (χ2v) is 11.0. The van der Waals surface area contributed by atoms with Gasteiger partial charge in [0.1, 0.15) is 5.75 Å². The highest BCUT2D eigenvalue weighted by atomic mass is 32.1. The maximum absolute atomic E-state index is 13.4. The lowest BCUT2D eigenvalue weighted by atomic mass is 10.1. The van der Waals surface area contributed by atoms with Crippen molar-refractivity contribution < 1.29 is 14.6 Å². The van der Waals surface area contributed by atoms with Crippen LogP contribution < -0.4 is 14.8 Å². The number of hydrogen-bond acceptors (Lipinski definition) is 8. The first-order valence-electron chi connectivity index (χ1n) is 12.9. The molecule has 3 aromatic heterocycles. The molecule has 42 heavy (non-hydrogen) atoms. The van der Waals surface area contributed by atoms with Crippen LogP contribution in [0.1, 0.15) is 28.1 Å². The van der Waals surface area contributed by atoms with E-state index in [0.717, 1.165) is 56.9 Å². The van der Waals surface area contributed by atoms with Crippen LogP contribution in [0.3, 0.4) is 0 Å². The summed E-state index contributed by atoms with van der Waals surface area (Å²) in [5.41, 5.74) is 6.45. The van der Waals surface area contributed by atoms with E-state index in [2.05, 4.69) is 4.98 Å². The van der Waals surface area contributed by atoms with Crippen LogP contribution in [0.4, 0.5) is 11.4 Å². The second kappa shape index (κ2) is 9.93. The van der Waals surface area contributed by atoms with E-state index >= 15 is 0 Å². The summed E-state index contributed by atoms with van der Waals surface area (Å²) in [5.74, 6) is 0.234. The van der Waals surface area contributed by atoms with E-state index in [4.69, 9.17) is 4.74 Å². The van der Waals surface area contributed by atoms with Crippen LogP contribution in [0.15, 0.2) is 65.5 Å². The topological polar surface area (TPSA) is 135 Å². The number of benzene rings is 3. The van der Waals surface area contributed by atoms with E-state index in [-0.39, 0.29) is 11.3 Å². The second-order valence-electron chi connectivity index (χ2n) is 9.99. The van der Waals surface area contributed by atoms with E-state index in [1.807, 2.05) is 68.7 Å². The Morgan fingerprint density at radius 3 is 2.31 bits per heavy atom. The normalized spacial score (nSPS) is 12.0. The molecular formula is C30H23N5O6S. The van der Waals surface area contributed by atoms with Crippen LogP contribution in [0.25, 0.3) is 27.8 Å². The molecule has 0 amide bonds. The minimum absolute atomic E-state index is 0.0997. The number of imidazole rings is 1. The summed E-state index contributed by atoms with van der Waals surface area (Å²) in [6, 6.07) is 16.2. The molecule has 0 unspecified atom stereocenters. The maximum atomic E-state index is 13.4. The van der Waals surface area contributed by atoms with E-state index in [0.29, 0.717) is 15.2 Å². The summed E-state index contributed by atoms with van der Waals surface area (Å²) in [6.07, 6.45) is 1.89. The first kappa shape index (κ1) is 26.8. The van der Waals surface area contributed by atoms with Gasteiger partial charge in [0.15, 0.2) is 4.96 Å². The summed E-state index contributed by atoms with van der Waals surface area (Å²) in [4.78, 5) is 39.8. The molecule has 6 rings (SSSR count). The van der Waals surface area contributed by atoms with Crippen molar-refractivity contribution in [1.29, 1.82) is 0 Å². The van der Waals surface area contributed by atoms with Crippen molar-refractivity contribution in [3.05, 3.63) is 124 Å². The SMILES string of the molecule is Cc1cc2nc3s/c(=C\c4cc(C)n(-c5ccc(Oc6ccc([N+](=O)[O-])cc6[N+](=O)[O-])cc5)c4C)c(=O)n3c2cc1C. The number of aromatic nitrogens is 3. The maximum Gasteiger partial charge on any atom is 0.318 e. The Hall–Kier alpha value is -5.36. The van der Waals surface area contributed by atoms with Crippen molar-refractivity contribution in [1.82, 2.24) is 14.0 Å². The number of nitro benzene ring substituents is 2. The average molecular weight is 582 g/mol. The van der Waals surface area contributed by atoms with Gasteiger partial charge in [0, 0.05) is 23.1 Å². The molecule has 0 radical (unpaired) electrons. The van der Waals surface area contributed by atoms with Gasteiger partial charge in [-0.2, -0.15) is 0 Å². The van der Waals surface area contributed by atoms with Crippen LogP contribution in [0.2, 0.25) is 0 Å². The zero-order chi connectivity index (χ0) is 29.9. The molecule has 0 aliphatic carbocycles. The van der Waals surface area contributed by atoms with Gasteiger partial charge in [-0.1, -0.05) is 11.3 Å². The largest absolute Gasteiger partial charge is 0.450 e. The first-order valence-corrected chi connectivity index (χ1v) is 13.7. The minimum Gasteiger partial charge on any atom is -0.450 e. The Balaban J connectivity index is 1.33. The standard InChI is InChI=1S/C30H23N5O6S/c1-16-11-24-25(12-17(16)2)33-29(36)28(42-30(33)31-24)14-20-13-18(3)32(19(20)4)21-5-8-23(9-6-21)41-27-10-7-22(34(37)38)15-26(27)35(39)40/h5-15H,1-4H3/b28-14-. The fraction of sp³-hybridized carbons (Fsp3) is 0.133. The smallest absolute Gasteiger partial charge is 0.318 e. The molecule has 0 spiro atoms. The third-order valence-electron chi connectivity index (χ3n) is 7.28. The van der Waals surface area contributed by atoms with Crippen molar-refractivity contribution in [3.8, 4) is 17.2 Å². The third kappa shape index (κ3) is 4.47. The van der Waals surface area contributed by atoms with E-state index < -0.39 is 21.2 Å². The lowest BCUT2D eigenvalue weighted by Gasteiger charge is -2.11. The van der Waals surface area contributed by atoms with Gasteiger partial charge >= 0.3 is 5.69 Å². The molecule has 0 saturated heterocycles. The Labute approximate surface area is 241 Å². The van der Waals surface area contributed by atoms with Crippen LogP contribution in [-0.2, 0) is 0 Å². The summed E-state index contributed by atoms with van der Waals surface area (Å²) < 4.78 is 10.00. The zero-order valence-corrected chi connectivity index (χ0v) is 23.8. The molecule has 210 valence electrons. The van der Waals surface area contributed by atoms with E-state index in [1.54, 1.807) is 16.5 Å². The highest BCUT2D eigenvalue weighted by Crippen LogP contribution is 2.35. The summed E-state index contributed by atoms with van der Waals surface area (Å²) >= 11 is 1.36. The Bertz CT molecular complexity index is 2190. The number of thiazole rings is 1. The lowest BCUT2D eigenvalue weighted by molar-refractivity contribution is -0.394. The van der Waals surface area contributed by atoms with Gasteiger partial charge in [-0.3, -0.25) is 25.0 Å². The molecule has 6 aromatic rings. The summed E-state index contributed by atoms with van der Waals surface area (Å²) in [6.45, 7) is 7.98. The molecular weight excluding hydrogens is 558 g/mol. The molecule has 0 atom stereocenters. The van der Waals surface area contributed by atoms with Crippen LogP contribution in [0, 0.1) is 47.9 Å². The number of fused-ring (bicyclic) bond motifs is 3. The summed E-state index contributed by atoms with van der Waals surface area (Å²) in [5, 5.41) is 22.5. The lowest BCUT2D eigenvalue weighted by Crippen LogP contribution is -2.22. The number of non-ortho nitro benzene ring substituents is 1. The Kier molecular flexibility index (Phi) is 6.34. The molecule has 0 aliphatic rings. The fourth-order valence-corrected chi connectivity index (χ4v) is 6.01. The molecule has 0 aliphatic heterocycles. The molecule has 0 bridgehead atoms. The van der Waals surface area contributed by atoms with Crippen molar-refractivity contribution in [2.24, 2.45) is 0 Å². The molecule has 3 heterocycles. The van der Waals surface area contributed by atoms with Crippen molar-refractivity contribution in [2.45, 2.75) is 27.7 Å². The minimum atomic E-state index is -0.718. The molecule has 3 aromatic carbocycles. The third-order valence-corrected chi connectivity index (χ3v) is 8.25. The van der Waals surface area contributed by atoms with Crippen molar-refractivity contribution in [2.75, 3.05) is 0 Å². The van der Waals surface area contributed by atoms with Gasteiger partial charge in [-0.15, -0.1) is 0 Å². The summed E-state index contributed by atoms with van der Waals surface area (Å²) in [7, 11) is 0. The van der Waals surface area contributed by atoms with Crippen LogP contribution in [0.5, 0.6) is 11.5 Å². The Morgan fingerprint density at radius 1 is 0.905 bits per heavy atom. The molecule has 11 nitrogen and oxygen atoms in total. The Morgan fingerprint density at radius 2 is 1.62 bits per heavy atom. The number of nitrogens with zero attached hydrogens (tertiary/aromatic N) is 5. The number of hydrogen-bond donors (Lipinski definition) is 0. The van der Waals surface area contributed by atoms with Gasteiger partial charge in [0.2, 0.25) is 5.75 Å². The van der Waals surface area contributed by atoms with Gasteiger partial charge in [0.05, 0.1) is 31.5 Å². The van der Waals surface area contributed by atoms with Gasteiger partial charge in [0.25, 0.3) is 11.2 Å². The molecule has 0 saturated carbocycles. The van der Waals surface area contributed by atoms with Gasteiger partial charge in [-0.05, 0) is 99.0 Å². The highest BCUT2D eigenvalue weighted by molar-refractivity contribution is 7.15. The highest BCUT2D eigenvalue weighted by Gasteiger charge is 2.21. The first-order chi connectivity index (χ1) is 20.0. The van der Waals surface area contributed by atoms with E-state index in [9.17, 15) is 25.0 Å². The average Bonchev–Trinajstić information content (AvgIpc) is 3.54. The van der Waals surface area contributed by atoms with Gasteiger partial charge < -0.3 is 9.30 Å². The number of rotatable bonds is 6. The van der Waals surface area contributed by atoms with Crippen LogP contribution in [-0.4, -0.2) is 23.8 Å². The monoisotopic (exact) mass is 581 g/mol. The predicted octanol–water partition coefficient (Wildman–Crippen LogP) is 6.09.